The number of aliphatic hydroxyl groups excluding tert-OH is 1. The Hall–Kier alpha value is -1.06. The van der Waals surface area contributed by atoms with Crippen molar-refractivity contribution in [2.45, 2.75) is 32.3 Å². The lowest BCUT2D eigenvalue weighted by atomic mass is 9.98. The SMILES string of the molecule is CC(Cc1cccc(Cl)c1)C(=O)N1CCC(O)CC1. The van der Waals surface area contributed by atoms with Gasteiger partial charge in [-0.2, -0.15) is 0 Å². The van der Waals surface area contributed by atoms with Crippen molar-refractivity contribution in [2.75, 3.05) is 13.1 Å². The number of hydrogen-bond acceptors (Lipinski definition) is 2. The average Bonchev–Trinajstić information content (AvgIpc) is 2.39. The molecule has 0 aromatic heterocycles. The minimum atomic E-state index is -0.243. The first-order chi connectivity index (χ1) is 9.06. The number of carbonyl (C=O) groups is 1. The van der Waals surface area contributed by atoms with Crippen LogP contribution in [0, 0.1) is 5.92 Å². The first kappa shape index (κ1) is 14.4. The predicted molar refractivity (Wildman–Crippen MR) is 76.1 cm³/mol. The number of likely N-dealkylation sites (tertiary alicyclic amines) is 1. The van der Waals surface area contributed by atoms with E-state index in [4.69, 9.17) is 11.6 Å². The highest BCUT2D eigenvalue weighted by Crippen LogP contribution is 2.18. The van der Waals surface area contributed by atoms with Crippen LogP contribution in [0.5, 0.6) is 0 Å². The Morgan fingerprint density at radius 2 is 2.16 bits per heavy atom. The van der Waals surface area contributed by atoms with Gasteiger partial charge in [0, 0.05) is 24.0 Å². The molecule has 1 amide bonds. The van der Waals surface area contributed by atoms with Crippen LogP contribution < -0.4 is 0 Å². The fourth-order valence-electron chi connectivity index (χ4n) is 2.50. The number of hydrogen-bond donors (Lipinski definition) is 1. The molecule has 1 unspecified atom stereocenters. The minimum absolute atomic E-state index is 0.0475. The summed E-state index contributed by atoms with van der Waals surface area (Å²) in [6.07, 6.45) is 1.84. The molecule has 0 bridgehead atoms. The molecule has 0 radical (unpaired) electrons. The van der Waals surface area contributed by atoms with Gasteiger partial charge in [0.2, 0.25) is 5.91 Å². The van der Waals surface area contributed by atoms with Gasteiger partial charge in [-0.1, -0.05) is 30.7 Å². The van der Waals surface area contributed by atoms with E-state index in [1.807, 2.05) is 36.1 Å². The monoisotopic (exact) mass is 281 g/mol. The van der Waals surface area contributed by atoms with E-state index in [1.165, 1.54) is 0 Å². The summed E-state index contributed by atoms with van der Waals surface area (Å²) in [5.74, 6) is 0.126. The van der Waals surface area contributed by atoms with Gasteiger partial charge in [0.1, 0.15) is 0 Å². The molecule has 1 fully saturated rings. The highest BCUT2D eigenvalue weighted by Gasteiger charge is 2.25. The van der Waals surface area contributed by atoms with E-state index in [2.05, 4.69) is 0 Å². The number of amides is 1. The van der Waals surface area contributed by atoms with Crippen molar-refractivity contribution in [1.82, 2.24) is 4.90 Å². The summed E-state index contributed by atoms with van der Waals surface area (Å²) in [7, 11) is 0. The van der Waals surface area contributed by atoms with Crippen LogP contribution in [-0.4, -0.2) is 35.1 Å². The van der Waals surface area contributed by atoms with E-state index >= 15 is 0 Å². The molecule has 0 aliphatic carbocycles. The second-order valence-electron chi connectivity index (χ2n) is 5.29. The average molecular weight is 282 g/mol. The zero-order valence-corrected chi connectivity index (χ0v) is 11.9. The summed E-state index contributed by atoms with van der Waals surface area (Å²) in [5.41, 5.74) is 1.09. The quantitative estimate of drug-likeness (QED) is 0.925. The molecule has 1 N–H and O–H groups in total. The van der Waals surface area contributed by atoms with Gasteiger partial charge in [-0.25, -0.2) is 0 Å². The van der Waals surface area contributed by atoms with Crippen molar-refractivity contribution in [3.63, 3.8) is 0 Å². The summed E-state index contributed by atoms with van der Waals surface area (Å²) < 4.78 is 0. The highest BCUT2D eigenvalue weighted by molar-refractivity contribution is 6.30. The van der Waals surface area contributed by atoms with Gasteiger partial charge in [-0.15, -0.1) is 0 Å². The Labute approximate surface area is 119 Å². The zero-order chi connectivity index (χ0) is 13.8. The van der Waals surface area contributed by atoms with Crippen molar-refractivity contribution < 1.29 is 9.90 Å². The van der Waals surface area contributed by atoms with Crippen molar-refractivity contribution in [3.05, 3.63) is 34.9 Å². The number of rotatable bonds is 3. The first-order valence-corrected chi connectivity index (χ1v) is 7.15. The summed E-state index contributed by atoms with van der Waals surface area (Å²) >= 11 is 5.95. The maximum absolute atomic E-state index is 12.3. The van der Waals surface area contributed by atoms with E-state index in [0.717, 1.165) is 5.56 Å². The predicted octanol–water partition coefficient (Wildman–Crippen LogP) is 2.50. The van der Waals surface area contributed by atoms with Crippen LogP contribution in [0.25, 0.3) is 0 Å². The van der Waals surface area contributed by atoms with Crippen LogP contribution in [0.15, 0.2) is 24.3 Å². The van der Waals surface area contributed by atoms with Crippen LogP contribution in [-0.2, 0) is 11.2 Å². The number of piperidine rings is 1. The van der Waals surface area contributed by atoms with E-state index in [-0.39, 0.29) is 17.9 Å². The molecular formula is C15H20ClNO2. The van der Waals surface area contributed by atoms with E-state index in [0.29, 0.717) is 37.4 Å². The molecule has 1 aliphatic heterocycles. The highest BCUT2D eigenvalue weighted by atomic mass is 35.5. The first-order valence-electron chi connectivity index (χ1n) is 6.77. The fourth-order valence-corrected chi connectivity index (χ4v) is 2.72. The Bertz CT molecular complexity index is 442. The fraction of sp³-hybridized carbons (Fsp3) is 0.533. The normalized spacial score (nSPS) is 18.4. The van der Waals surface area contributed by atoms with E-state index in [1.54, 1.807) is 0 Å². The summed E-state index contributed by atoms with van der Waals surface area (Å²) in [4.78, 5) is 14.2. The van der Waals surface area contributed by atoms with Crippen molar-refractivity contribution in [2.24, 2.45) is 5.92 Å². The summed E-state index contributed by atoms with van der Waals surface area (Å²) in [5, 5.41) is 10.2. The largest absolute Gasteiger partial charge is 0.393 e. The van der Waals surface area contributed by atoms with Crippen LogP contribution >= 0.6 is 11.6 Å². The maximum Gasteiger partial charge on any atom is 0.225 e. The number of halogens is 1. The van der Waals surface area contributed by atoms with Gasteiger partial charge in [0.25, 0.3) is 0 Å². The van der Waals surface area contributed by atoms with Crippen LogP contribution in [0.1, 0.15) is 25.3 Å². The molecule has 1 aliphatic rings. The second kappa shape index (κ2) is 6.40. The second-order valence-corrected chi connectivity index (χ2v) is 5.73. The summed E-state index contributed by atoms with van der Waals surface area (Å²) in [6, 6.07) is 7.65. The van der Waals surface area contributed by atoms with Crippen molar-refractivity contribution >= 4 is 17.5 Å². The van der Waals surface area contributed by atoms with Gasteiger partial charge in [0.15, 0.2) is 0 Å². The van der Waals surface area contributed by atoms with Crippen LogP contribution in [0.4, 0.5) is 0 Å². The van der Waals surface area contributed by atoms with Crippen LogP contribution in [0.2, 0.25) is 5.02 Å². The van der Waals surface area contributed by atoms with Gasteiger partial charge >= 0.3 is 0 Å². The smallest absolute Gasteiger partial charge is 0.225 e. The molecule has 4 heteroatoms. The third kappa shape index (κ3) is 3.95. The zero-order valence-electron chi connectivity index (χ0n) is 11.2. The third-order valence-corrected chi connectivity index (χ3v) is 3.86. The molecule has 2 rings (SSSR count). The Kier molecular flexibility index (Phi) is 4.83. The van der Waals surface area contributed by atoms with Crippen LogP contribution in [0.3, 0.4) is 0 Å². The van der Waals surface area contributed by atoms with Gasteiger partial charge < -0.3 is 10.0 Å². The minimum Gasteiger partial charge on any atom is -0.393 e. The lowest BCUT2D eigenvalue weighted by Crippen LogP contribution is -2.42. The molecule has 1 atom stereocenters. The summed E-state index contributed by atoms with van der Waals surface area (Å²) in [6.45, 7) is 3.29. The Morgan fingerprint density at radius 3 is 2.79 bits per heavy atom. The maximum atomic E-state index is 12.3. The molecule has 19 heavy (non-hydrogen) atoms. The molecule has 0 saturated carbocycles. The van der Waals surface area contributed by atoms with E-state index < -0.39 is 0 Å². The third-order valence-electron chi connectivity index (χ3n) is 3.63. The van der Waals surface area contributed by atoms with Crippen molar-refractivity contribution in [1.29, 1.82) is 0 Å². The molecule has 0 spiro atoms. The molecule has 3 nitrogen and oxygen atoms in total. The molecular weight excluding hydrogens is 262 g/mol. The van der Waals surface area contributed by atoms with Gasteiger partial charge in [-0.3, -0.25) is 4.79 Å². The van der Waals surface area contributed by atoms with Gasteiger partial charge in [-0.05, 0) is 37.0 Å². The lowest BCUT2D eigenvalue weighted by molar-refractivity contribution is -0.136. The topological polar surface area (TPSA) is 40.5 Å². The Balaban J connectivity index is 1.92. The van der Waals surface area contributed by atoms with Crippen molar-refractivity contribution in [3.8, 4) is 0 Å². The molecule has 1 aromatic rings. The molecule has 1 aromatic carbocycles. The lowest BCUT2D eigenvalue weighted by Gasteiger charge is -2.31. The molecule has 1 heterocycles. The molecule has 104 valence electrons. The Morgan fingerprint density at radius 1 is 1.47 bits per heavy atom. The number of benzene rings is 1. The number of carbonyl (C=O) groups excluding carboxylic acids is 1. The van der Waals surface area contributed by atoms with Gasteiger partial charge in [0.05, 0.1) is 6.10 Å². The standard InChI is InChI=1S/C15H20ClNO2/c1-11(9-12-3-2-4-13(16)10-12)15(19)17-7-5-14(18)6-8-17/h2-4,10-11,14,18H,5-9H2,1H3. The number of nitrogens with zero attached hydrogens (tertiary/aromatic N) is 1. The molecule has 1 saturated heterocycles. The number of aliphatic hydroxyl groups is 1. The van der Waals surface area contributed by atoms with E-state index in [9.17, 15) is 9.90 Å².